The van der Waals surface area contributed by atoms with Crippen LogP contribution < -0.4 is 11.1 Å². The van der Waals surface area contributed by atoms with Crippen LogP contribution in [0.15, 0.2) is 34.9 Å². The van der Waals surface area contributed by atoms with Crippen molar-refractivity contribution in [3.05, 3.63) is 40.3 Å². The molecule has 0 saturated carbocycles. The average Bonchev–Trinajstić information content (AvgIpc) is 2.98. The van der Waals surface area contributed by atoms with Crippen molar-refractivity contribution >= 4 is 17.3 Å². The molecule has 3 N–H and O–H groups in total. The molecule has 18 heavy (non-hydrogen) atoms. The molecule has 0 amide bonds. The van der Waals surface area contributed by atoms with Gasteiger partial charge in [-0.1, -0.05) is 6.07 Å². The van der Waals surface area contributed by atoms with E-state index < -0.39 is 0 Å². The van der Waals surface area contributed by atoms with Crippen molar-refractivity contribution in [3.8, 4) is 0 Å². The lowest BCUT2D eigenvalue weighted by Crippen LogP contribution is -2.33. The second kappa shape index (κ2) is 6.20. The predicted molar refractivity (Wildman–Crippen MR) is 74.6 cm³/mol. The van der Waals surface area contributed by atoms with Crippen LogP contribution in [-0.4, -0.2) is 22.3 Å². The molecular formula is C12H17N5S. The number of nitrogens with zero attached hydrogens (tertiary/aromatic N) is 3. The van der Waals surface area contributed by atoms with Gasteiger partial charge in [-0.2, -0.15) is 5.10 Å². The number of thiophene rings is 1. The topological polar surface area (TPSA) is 68.2 Å². The number of nitrogens with two attached hydrogens (primary N) is 1. The summed E-state index contributed by atoms with van der Waals surface area (Å²) in [6.07, 6.45) is 4.70. The number of guanidine groups is 1. The number of aromatic nitrogens is 2. The van der Waals surface area contributed by atoms with Gasteiger partial charge in [0, 0.05) is 30.2 Å². The van der Waals surface area contributed by atoms with Crippen molar-refractivity contribution in [2.45, 2.75) is 13.0 Å². The molecule has 2 aromatic rings. The van der Waals surface area contributed by atoms with Crippen molar-refractivity contribution in [2.24, 2.45) is 17.8 Å². The van der Waals surface area contributed by atoms with E-state index in [2.05, 4.69) is 32.9 Å². The number of hydrogen-bond acceptors (Lipinski definition) is 3. The molecule has 6 heteroatoms. The fraction of sp³-hybridized carbons (Fsp3) is 0.333. The normalized spacial score (nSPS) is 11.7. The Morgan fingerprint density at radius 2 is 2.50 bits per heavy atom. The summed E-state index contributed by atoms with van der Waals surface area (Å²) in [5.74, 6) is 0.482. The number of nitrogens with one attached hydrogen (secondary N) is 1. The zero-order valence-corrected chi connectivity index (χ0v) is 11.2. The first-order valence-electron chi connectivity index (χ1n) is 5.78. The Bertz CT molecular complexity index is 500. The van der Waals surface area contributed by atoms with Gasteiger partial charge in [0.2, 0.25) is 0 Å². The summed E-state index contributed by atoms with van der Waals surface area (Å²) in [5, 5.41) is 9.26. The highest BCUT2D eigenvalue weighted by atomic mass is 32.1. The molecule has 0 atom stereocenters. The predicted octanol–water partition coefficient (Wildman–Crippen LogP) is 1.13. The van der Waals surface area contributed by atoms with Crippen LogP contribution in [0.4, 0.5) is 0 Å². The van der Waals surface area contributed by atoms with Crippen molar-refractivity contribution in [1.29, 1.82) is 0 Å². The zero-order valence-electron chi connectivity index (χ0n) is 10.3. The fourth-order valence-corrected chi connectivity index (χ4v) is 2.26. The quantitative estimate of drug-likeness (QED) is 0.627. The number of aliphatic imine (C=N–C) groups is 1. The van der Waals surface area contributed by atoms with Crippen molar-refractivity contribution in [2.75, 3.05) is 6.54 Å². The van der Waals surface area contributed by atoms with Crippen LogP contribution in [0.1, 0.15) is 10.4 Å². The minimum atomic E-state index is 0.482. The highest BCUT2D eigenvalue weighted by Crippen LogP contribution is 2.07. The first-order valence-corrected chi connectivity index (χ1v) is 6.65. The summed E-state index contributed by atoms with van der Waals surface area (Å²) in [6, 6.07) is 4.18. The van der Waals surface area contributed by atoms with Crippen LogP contribution in [0.2, 0.25) is 0 Å². The molecule has 0 aromatic carbocycles. The smallest absolute Gasteiger partial charge is 0.188 e. The van der Waals surface area contributed by atoms with Crippen molar-refractivity contribution < 1.29 is 0 Å². The van der Waals surface area contributed by atoms with Gasteiger partial charge in [-0.05, 0) is 17.9 Å². The lowest BCUT2D eigenvalue weighted by atomic mass is 10.3. The van der Waals surface area contributed by atoms with Gasteiger partial charge < -0.3 is 11.1 Å². The van der Waals surface area contributed by atoms with E-state index in [9.17, 15) is 0 Å². The van der Waals surface area contributed by atoms with E-state index in [1.54, 1.807) is 22.2 Å². The monoisotopic (exact) mass is 263 g/mol. The summed E-state index contributed by atoms with van der Waals surface area (Å²) in [7, 11) is 1.88. The van der Waals surface area contributed by atoms with E-state index in [0.717, 1.165) is 18.5 Å². The SMILES string of the molecule is Cn1cc(CN=C(N)NCCc2cccs2)cn1. The average molecular weight is 263 g/mol. The van der Waals surface area contributed by atoms with Gasteiger partial charge in [-0.15, -0.1) is 11.3 Å². The molecule has 0 aliphatic rings. The first-order chi connectivity index (χ1) is 8.74. The second-order valence-corrected chi connectivity index (χ2v) is 5.01. The molecule has 2 rings (SSSR count). The van der Waals surface area contributed by atoms with Gasteiger partial charge in [0.25, 0.3) is 0 Å². The maximum Gasteiger partial charge on any atom is 0.188 e. The number of aryl methyl sites for hydroxylation is 1. The number of rotatable bonds is 5. The van der Waals surface area contributed by atoms with Crippen molar-refractivity contribution in [1.82, 2.24) is 15.1 Å². The Morgan fingerprint density at radius 3 is 3.17 bits per heavy atom. The molecule has 0 saturated heterocycles. The summed E-state index contributed by atoms with van der Waals surface area (Å²) in [5.41, 5.74) is 6.84. The molecule has 0 aliphatic carbocycles. The lowest BCUT2D eigenvalue weighted by molar-refractivity contribution is 0.766. The summed E-state index contributed by atoms with van der Waals surface area (Å²) in [6.45, 7) is 1.37. The summed E-state index contributed by atoms with van der Waals surface area (Å²) in [4.78, 5) is 5.61. The minimum Gasteiger partial charge on any atom is -0.370 e. The van der Waals surface area contributed by atoms with E-state index in [1.807, 2.05) is 13.2 Å². The molecular weight excluding hydrogens is 246 g/mol. The molecule has 96 valence electrons. The van der Waals surface area contributed by atoms with Gasteiger partial charge in [-0.25, -0.2) is 4.99 Å². The maximum atomic E-state index is 5.78. The van der Waals surface area contributed by atoms with E-state index in [1.165, 1.54) is 4.88 Å². The van der Waals surface area contributed by atoms with Crippen LogP contribution in [-0.2, 0) is 20.0 Å². The third kappa shape index (κ3) is 3.89. The molecule has 2 aromatic heterocycles. The summed E-state index contributed by atoms with van der Waals surface area (Å²) >= 11 is 1.76. The van der Waals surface area contributed by atoms with Crippen LogP contribution in [0, 0.1) is 0 Å². The van der Waals surface area contributed by atoms with E-state index in [4.69, 9.17) is 5.73 Å². The third-order valence-electron chi connectivity index (χ3n) is 2.45. The Kier molecular flexibility index (Phi) is 4.35. The molecule has 2 heterocycles. The van der Waals surface area contributed by atoms with Crippen LogP contribution in [0.5, 0.6) is 0 Å². The zero-order chi connectivity index (χ0) is 12.8. The standard InChI is InChI=1S/C12H17N5S/c1-17-9-10(8-16-17)7-15-12(13)14-5-4-11-3-2-6-18-11/h2-3,6,8-9H,4-5,7H2,1H3,(H3,13,14,15). The van der Waals surface area contributed by atoms with Crippen LogP contribution in [0.3, 0.4) is 0 Å². The molecule has 0 unspecified atom stereocenters. The number of hydrogen-bond donors (Lipinski definition) is 2. The maximum absolute atomic E-state index is 5.78. The Balaban J connectivity index is 1.72. The van der Waals surface area contributed by atoms with E-state index in [0.29, 0.717) is 12.5 Å². The van der Waals surface area contributed by atoms with E-state index in [-0.39, 0.29) is 0 Å². The van der Waals surface area contributed by atoms with Gasteiger partial charge in [0.1, 0.15) is 0 Å². The Hall–Kier alpha value is -1.82. The Morgan fingerprint density at radius 1 is 1.61 bits per heavy atom. The van der Waals surface area contributed by atoms with Gasteiger partial charge in [-0.3, -0.25) is 4.68 Å². The van der Waals surface area contributed by atoms with Crippen LogP contribution >= 0.6 is 11.3 Å². The van der Waals surface area contributed by atoms with E-state index >= 15 is 0 Å². The molecule has 0 bridgehead atoms. The molecule has 5 nitrogen and oxygen atoms in total. The van der Waals surface area contributed by atoms with Crippen LogP contribution in [0.25, 0.3) is 0 Å². The highest BCUT2D eigenvalue weighted by Gasteiger charge is 1.97. The lowest BCUT2D eigenvalue weighted by Gasteiger charge is -2.03. The highest BCUT2D eigenvalue weighted by molar-refractivity contribution is 7.09. The summed E-state index contributed by atoms with van der Waals surface area (Å²) < 4.78 is 1.76. The second-order valence-electron chi connectivity index (χ2n) is 3.98. The first kappa shape index (κ1) is 12.6. The minimum absolute atomic E-state index is 0.482. The molecule has 0 aliphatic heterocycles. The van der Waals surface area contributed by atoms with Gasteiger partial charge in [0.15, 0.2) is 5.96 Å². The van der Waals surface area contributed by atoms with Crippen molar-refractivity contribution in [3.63, 3.8) is 0 Å². The molecule has 0 spiro atoms. The van der Waals surface area contributed by atoms with Gasteiger partial charge >= 0.3 is 0 Å². The largest absolute Gasteiger partial charge is 0.370 e. The Labute approximate surface area is 110 Å². The third-order valence-corrected chi connectivity index (χ3v) is 3.38. The molecule has 0 radical (unpaired) electrons. The molecule has 0 fully saturated rings. The van der Waals surface area contributed by atoms with Gasteiger partial charge in [0.05, 0.1) is 12.7 Å². The fourth-order valence-electron chi connectivity index (χ4n) is 1.55.